The Morgan fingerprint density at radius 2 is 1.93 bits per heavy atom. The lowest BCUT2D eigenvalue weighted by Gasteiger charge is -2.45. The number of hydrogen-bond acceptors (Lipinski definition) is 4. The third kappa shape index (κ3) is 4.13. The summed E-state index contributed by atoms with van der Waals surface area (Å²) in [6.45, 7) is 4.38. The molecule has 3 atom stereocenters. The number of aliphatic hydroxyl groups is 1. The fourth-order valence-corrected chi connectivity index (χ4v) is 4.55. The van der Waals surface area contributed by atoms with Crippen LogP contribution in [0.15, 0.2) is 24.3 Å². The largest absolute Gasteiger partial charge is 0.389 e. The summed E-state index contributed by atoms with van der Waals surface area (Å²) in [5.74, 6) is -0.577. The number of halogens is 1. The van der Waals surface area contributed by atoms with Crippen LogP contribution in [0.25, 0.3) is 10.9 Å². The van der Waals surface area contributed by atoms with Gasteiger partial charge in [0.2, 0.25) is 5.91 Å². The van der Waals surface area contributed by atoms with Gasteiger partial charge in [0.15, 0.2) is 0 Å². The highest BCUT2D eigenvalue weighted by Crippen LogP contribution is 2.25. The standard InChI is InChI=1S/C21H27FN4O3/c1-13(27)25-7-9-26(10-8-25)19-4-2-3-16(20(19)28)24-21(29)18-11-14-5-6-15(22)12-17(14)23-18/h5-6,11-12,16,19-20,23,28H,2-4,7-10H2,1H3,(H,24,29)/t16-,19-,20-/m1/s1. The zero-order valence-corrected chi connectivity index (χ0v) is 16.5. The quantitative estimate of drug-likeness (QED) is 0.726. The summed E-state index contributed by atoms with van der Waals surface area (Å²) >= 11 is 0. The van der Waals surface area contributed by atoms with Crippen LogP contribution in [0.5, 0.6) is 0 Å². The number of nitrogens with zero attached hydrogens (tertiary/aromatic N) is 2. The van der Waals surface area contributed by atoms with Gasteiger partial charge >= 0.3 is 0 Å². The summed E-state index contributed by atoms with van der Waals surface area (Å²) in [6.07, 6.45) is 1.83. The van der Waals surface area contributed by atoms with E-state index in [4.69, 9.17) is 0 Å². The van der Waals surface area contributed by atoms with Crippen molar-refractivity contribution in [3.8, 4) is 0 Å². The van der Waals surface area contributed by atoms with Gasteiger partial charge in [-0.2, -0.15) is 0 Å². The zero-order valence-electron chi connectivity index (χ0n) is 16.5. The Labute approximate surface area is 168 Å². The molecule has 1 saturated carbocycles. The molecule has 1 aliphatic heterocycles. The van der Waals surface area contributed by atoms with Crippen LogP contribution in [0.1, 0.15) is 36.7 Å². The molecule has 2 heterocycles. The maximum absolute atomic E-state index is 13.4. The summed E-state index contributed by atoms with van der Waals surface area (Å²) in [5, 5.41) is 14.6. The number of benzene rings is 1. The molecule has 1 aromatic carbocycles. The molecule has 7 nitrogen and oxygen atoms in total. The van der Waals surface area contributed by atoms with E-state index in [0.29, 0.717) is 30.7 Å². The fourth-order valence-electron chi connectivity index (χ4n) is 4.55. The fraction of sp³-hybridized carbons (Fsp3) is 0.524. The molecule has 1 aliphatic carbocycles. The number of rotatable bonds is 3. The van der Waals surface area contributed by atoms with Crippen LogP contribution >= 0.6 is 0 Å². The van der Waals surface area contributed by atoms with Crippen molar-refractivity contribution in [2.75, 3.05) is 26.2 Å². The van der Waals surface area contributed by atoms with Crippen molar-refractivity contribution < 1.29 is 19.1 Å². The number of H-pyrrole nitrogens is 1. The van der Waals surface area contributed by atoms with Crippen LogP contribution in [-0.2, 0) is 4.79 Å². The zero-order chi connectivity index (χ0) is 20.5. The lowest BCUT2D eigenvalue weighted by Crippen LogP contribution is -2.60. The molecule has 2 aromatic rings. The van der Waals surface area contributed by atoms with Crippen molar-refractivity contribution in [1.82, 2.24) is 20.1 Å². The minimum Gasteiger partial charge on any atom is -0.389 e. The van der Waals surface area contributed by atoms with Gasteiger partial charge in [0.1, 0.15) is 11.5 Å². The second-order valence-electron chi connectivity index (χ2n) is 8.03. The first-order valence-electron chi connectivity index (χ1n) is 10.2. The number of carbonyl (C=O) groups excluding carboxylic acids is 2. The Bertz CT molecular complexity index is 906. The highest BCUT2D eigenvalue weighted by atomic mass is 19.1. The van der Waals surface area contributed by atoms with Crippen LogP contribution in [0, 0.1) is 5.82 Å². The van der Waals surface area contributed by atoms with Gasteiger partial charge in [-0.3, -0.25) is 14.5 Å². The maximum atomic E-state index is 13.4. The van der Waals surface area contributed by atoms with E-state index in [1.165, 1.54) is 12.1 Å². The predicted octanol–water partition coefficient (Wildman–Crippen LogP) is 1.48. The Hall–Kier alpha value is -2.45. The molecular formula is C21H27FN4O3. The summed E-state index contributed by atoms with van der Waals surface area (Å²) in [5.41, 5.74) is 0.926. The van der Waals surface area contributed by atoms with Crippen LogP contribution in [-0.4, -0.2) is 76.1 Å². The monoisotopic (exact) mass is 402 g/mol. The van der Waals surface area contributed by atoms with Gasteiger partial charge in [-0.1, -0.05) is 0 Å². The predicted molar refractivity (Wildman–Crippen MR) is 107 cm³/mol. The molecule has 2 fully saturated rings. The molecule has 0 unspecified atom stereocenters. The normalized spacial score (nSPS) is 25.9. The first-order chi connectivity index (χ1) is 13.9. The van der Waals surface area contributed by atoms with Gasteiger partial charge in [0.25, 0.3) is 5.91 Å². The Morgan fingerprint density at radius 3 is 2.66 bits per heavy atom. The first kappa shape index (κ1) is 19.8. The van der Waals surface area contributed by atoms with E-state index in [9.17, 15) is 19.1 Å². The molecule has 1 aromatic heterocycles. The highest BCUT2D eigenvalue weighted by molar-refractivity contribution is 5.98. The lowest BCUT2D eigenvalue weighted by molar-refractivity contribution is -0.131. The first-order valence-corrected chi connectivity index (χ1v) is 10.2. The molecule has 156 valence electrons. The molecule has 2 aliphatic rings. The van der Waals surface area contributed by atoms with Crippen molar-refractivity contribution in [3.05, 3.63) is 35.8 Å². The van der Waals surface area contributed by atoms with E-state index in [2.05, 4.69) is 15.2 Å². The minimum atomic E-state index is -0.668. The molecule has 0 radical (unpaired) electrons. The molecular weight excluding hydrogens is 375 g/mol. The van der Waals surface area contributed by atoms with E-state index in [1.54, 1.807) is 19.1 Å². The molecule has 0 spiro atoms. The maximum Gasteiger partial charge on any atom is 0.268 e. The summed E-state index contributed by atoms with van der Waals surface area (Å²) in [4.78, 5) is 31.2. The van der Waals surface area contributed by atoms with Gasteiger partial charge in [-0.15, -0.1) is 0 Å². The number of aromatic nitrogens is 1. The number of aliphatic hydroxyl groups excluding tert-OH is 1. The van der Waals surface area contributed by atoms with Crippen LogP contribution in [0.4, 0.5) is 4.39 Å². The van der Waals surface area contributed by atoms with Gasteiger partial charge in [0, 0.05) is 50.0 Å². The van der Waals surface area contributed by atoms with E-state index < -0.39 is 6.10 Å². The second-order valence-corrected chi connectivity index (χ2v) is 8.03. The summed E-state index contributed by atoms with van der Waals surface area (Å²) in [7, 11) is 0. The van der Waals surface area contributed by atoms with Gasteiger partial charge in [-0.05, 0) is 43.5 Å². The minimum absolute atomic E-state index is 0.0278. The van der Waals surface area contributed by atoms with Crippen molar-refractivity contribution in [2.24, 2.45) is 0 Å². The Morgan fingerprint density at radius 1 is 1.17 bits per heavy atom. The van der Waals surface area contributed by atoms with E-state index in [-0.39, 0.29) is 29.7 Å². The topological polar surface area (TPSA) is 88.7 Å². The number of aromatic amines is 1. The molecule has 29 heavy (non-hydrogen) atoms. The van der Waals surface area contributed by atoms with Crippen LogP contribution in [0.3, 0.4) is 0 Å². The number of hydrogen-bond donors (Lipinski definition) is 3. The SMILES string of the molecule is CC(=O)N1CCN([C@@H]2CCC[C@@H](NC(=O)c3cc4ccc(F)cc4[nH]3)[C@H]2O)CC1. The molecule has 3 N–H and O–H groups in total. The number of nitrogens with one attached hydrogen (secondary N) is 2. The third-order valence-electron chi connectivity index (χ3n) is 6.20. The van der Waals surface area contributed by atoms with Crippen molar-refractivity contribution in [1.29, 1.82) is 0 Å². The van der Waals surface area contributed by atoms with Crippen molar-refractivity contribution >= 4 is 22.7 Å². The third-order valence-corrected chi connectivity index (χ3v) is 6.20. The van der Waals surface area contributed by atoms with Crippen molar-refractivity contribution in [3.63, 3.8) is 0 Å². The Balaban J connectivity index is 1.40. The second kappa shape index (κ2) is 8.12. The average Bonchev–Trinajstić information content (AvgIpc) is 3.13. The van der Waals surface area contributed by atoms with Gasteiger partial charge in [-0.25, -0.2) is 4.39 Å². The molecule has 2 amide bonds. The van der Waals surface area contributed by atoms with Crippen LogP contribution in [0.2, 0.25) is 0 Å². The summed E-state index contributed by atoms with van der Waals surface area (Å²) in [6, 6.07) is 5.68. The molecule has 8 heteroatoms. The van der Waals surface area contributed by atoms with Gasteiger partial charge < -0.3 is 20.3 Å². The number of carbonyl (C=O) groups is 2. The van der Waals surface area contributed by atoms with E-state index in [1.807, 2.05) is 4.90 Å². The molecule has 1 saturated heterocycles. The Kier molecular flexibility index (Phi) is 5.56. The lowest BCUT2D eigenvalue weighted by atomic mass is 9.86. The van der Waals surface area contributed by atoms with Crippen molar-refractivity contribution in [2.45, 2.75) is 44.4 Å². The molecule has 4 rings (SSSR count). The van der Waals surface area contributed by atoms with Crippen LogP contribution < -0.4 is 5.32 Å². The van der Waals surface area contributed by atoms with E-state index >= 15 is 0 Å². The van der Waals surface area contributed by atoms with Gasteiger partial charge in [0.05, 0.1) is 12.1 Å². The number of fused-ring (bicyclic) bond motifs is 1. The average molecular weight is 402 g/mol. The number of amides is 2. The van der Waals surface area contributed by atoms with E-state index in [0.717, 1.165) is 31.3 Å². The smallest absolute Gasteiger partial charge is 0.268 e. The molecule has 0 bridgehead atoms. The highest BCUT2D eigenvalue weighted by Gasteiger charge is 2.37. The number of piperazine rings is 1. The summed E-state index contributed by atoms with van der Waals surface area (Å²) < 4.78 is 13.4.